The van der Waals surface area contributed by atoms with E-state index in [1.54, 1.807) is 25.4 Å². The SMILES string of the molecule is C[C@H]1O[C@@H](N2CNC3=C2NC=NC3SCc2nc(-c3ccc(F)cc3)no2)[C@H](O)[C@@H]1O. The fourth-order valence-electron chi connectivity index (χ4n) is 3.70. The maximum atomic E-state index is 13.1. The number of nitrogens with one attached hydrogen (secondary N) is 2. The fraction of sp³-hybridized carbons (Fsp3) is 0.421. The van der Waals surface area contributed by atoms with Crippen molar-refractivity contribution < 1.29 is 23.9 Å². The van der Waals surface area contributed by atoms with Crippen molar-refractivity contribution in [1.82, 2.24) is 25.7 Å². The number of hydrogen-bond donors (Lipinski definition) is 4. The number of halogens is 1. The molecule has 1 aromatic carbocycles. The van der Waals surface area contributed by atoms with Crippen LogP contribution in [0.15, 0.2) is 45.3 Å². The largest absolute Gasteiger partial charge is 0.388 e. The van der Waals surface area contributed by atoms with Crippen molar-refractivity contribution in [2.24, 2.45) is 4.99 Å². The van der Waals surface area contributed by atoms with Crippen LogP contribution >= 0.6 is 11.8 Å². The van der Waals surface area contributed by atoms with Crippen LogP contribution in [0, 0.1) is 5.82 Å². The van der Waals surface area contributed by atoms with E-state index in [0.717, 1.165) is 11.5 Å². The second-order valence-corrected chi connectivity index (χ2v) is 8.45. The van der Waals surface area contributed by atoms with E-state index in [9.17, 15) is 14.6 Å². The quantitative estimate of drug-likeness (QED) is 0.515. The molecule has 4 N–H and O–H groups in total. The first-order chi connectivity index (χ1) is 15.0. The number of rotatable bonds is 5. The Kier molecular flexibility index (Phi) is 5.30. The minimum absolute atomic E-state index is 0.247. The van der Waals surface area contributed by atoms with Gasteiger partial charge in [0, 0.05) is 5.56 Å². The second kappa shape index (κ2) is 8.11. The van der Waals surface area contributed by atoms with Gasteiger partial charge in [0.2, 0.25) is 11.7 Å². The third kappa shape index (κ3) is 3.76. The molecule has 0 radical (unpaired) electrons. The molecule has 5 rings (SSSR count). The van der Waals surface area contributed by atoms with Crippen molar-refractivity contribution in [3.63, 3.8) is 0 Å². The lowest BCUT2D eigenvalue weighted by Crippen LogP contribution is -2.46. The number of thioether (sulfide) groups is 1. The van der Waals surface area contributed by atoms with Crippen LogP contribution in [0.5, 0.6) is 0 Å². The minimum atomic E-state index is -1.02. The lowest BCUT2D eigenvalue weighted by Gasteiger charge is -2.30. The van der Waals surface area contributed by atoms with Crippen molar-refractivity contribution in [1.29, 1.82) is 0 Å². The molecule has 2 aromatic rings. The molecule has 0 aliphatic carbocycles. The summed E-state index contributed by atoms with van der Waals surface area (Å²) in [5.74, 6) is 1.67. The normalized spacial score (nSPS) is 29.8. The molecule has 12 heteroatoms. The van der Waals surface area contributed by atoms with Crippen LogP contribution in [0.1, 0.15) is 12.8 Å². The Morgan fingerprint density at radius 3 is 2.81 bits per heavy atom. The molecular formula is C19H21FN6O4S. The van der Waals surface area contributed by atoms with Gasteiger partial charge in [0.1, 0.15) is 29.2 Å². The molecule has 164 valence electrons. The summed E-state index contributed by atoms with van der Waals surface area (Å²) in [5, 5.41) is 30.4. The van der Waals surface area contributed by atoms with Crippen LogP contribution in [0.4, 0.5) is 4.39 Å². The summed E-state index contributed by atoms with van der Waals surface area (Å²) < 4.78 is 24.2. The molecule has 31 heavy (non-hydrogen) atoms. The summed E-state index contributed by atoms with van der Waals surface area (Å²) in [6, 6.07) is 5.89. The number of benzene rings is 1. The van der Waals surface area contributed by atoms with E-state index in [4.69, 9.17) is 9.26 Å². The minimum Gasteiger partial charge on any atom is -0.388 e. The van der Waals surface area contributed by atoms with Gasteiger partial charge in [-0.3, -0.25) is 4.99 Å². The highest BCUT2D eigenvalue weighted by molar-refractivity contribution is 7.99. The average Bonchev–Trinajstić information content (AvgIpc) is 3.48. The highest BCUT2D eigenvalue weighted by Crippen LogP contribution is 2.33. The molecule has 3 aliphatic rings. The highest BCUT2D eigenvalue weighted by Gasteiger charge is 2.46. The molecule has 10 nitrogen and oxygen atoms in total. The predicted molar refractivity (Wildman–Crippen MR) is 110 cm³/mol. The van der Waals surface area contributed by atoms with Gasteiger partial charge in [-0.25, -0.2) is 4.39 Å². The summed E-state index contributed by atoms with van der Waals surface area (Å²) >= 11 is 1.49. The number of aromatic nitrogens is 2. The van der Waals surface area contributed by atoms with Crippen molar-refractivity contribution >= 4 is 18.1 Å². The van der Waals surface area contributed by atoms with Crippen LogP contribution < -0.4 is 10.6 Å². The predicted octanol–water partition coefficient (Wildman–Crippen LogP) is 0.565. The molecule has 1 aromatic heterocycles. The van der Waals surface area contributed by atoms with Crippen molar-refractivity contribution in [3.8, 4) is 11.4 Å². The monoisotopic (exact) mass is 448 g/mol. The van der Waals surface area contributed by atoms with Gasteiger partial charge in [0.05, 0.1) is 30.6 Å². The summed E-state index contributed by atoms with van der Waals surface area (Å²) in [6.45, 7) is 2.14. The van der Waals surface area contributed by atoms with Crippen molar-refractivity contribution in [3.05, 3.63) is 47.5 Å². The van der Waals surface area contributed by atoms with Gasteiger partial charge in [-0.05, 0) is 31.2 Å². The van der Waals surface area contributed by atoms with Crippen LogP contribution in [0.3, 0.4) is 0 Å². The van der Waals surface area contributed by atoms with Crippen LogP contribution in [0.2, 0.25) is 0 Å². The zero-order valence-electron chi connectivity index (χ0n) is 16.5. The van der Waals surface area contributed by atoms with E-state index in [0.29, 0.717) is 29.7 Å². The summed E-state index contributed by atoms with van der Waals surface area (Å²) in [5.41, 5.74) is 1.52. The molecule has 4 heterocycles. The van der Waals surface area contributed by atoms with E-state index in [1.165, 1.54) is 23.9 Å². The number of aliphatic hydroxyl groups is 2. The molecular weight excluding hydrogens is 427 g/mol. The Morgan fingerprint density at radius 1 is 1.26 bits per heavy atom. The summed E-state index contributed by atoms with van der Waals surface area (Å²) in [6.07, 6.45) is -1.48. The van der Waals surface area contributed by atoms with Gasteiger partial charge in [-0.2, -0.15) is 4.98 Å². The van der Waals surface area contributed by atoms with Crippen molar-refractivity contribution in [2.45, 2.75) is 42.6 Å². The van der Waals surface area contributed by atoms with Gasteiger partial charge >= 0.3 is 0 Å². The number of ether oxygens (including phenoxy) is 1. The third-order valence-corrected chi connectivity index (χ3v) is 6.45. The first-order valence-electron chi connectivity index (χ1n) is 9.76. The topological polar surface area (TPSA) is 128 Å². The molecule has 0 spiro atoms. The van der Waals surface area contributed by atoms with Crippen LogP contribution in [0.25, 0.3) is 11.4 Å². The Bertz CT molecular complexity index is 1020. The fourth-order valence-corrected chi connectivity index (χ4v) is 4.63. The lowest BCUT2D eigenvalue weighted by atomic mass is 10.1. The highest BCUT2D eigenvalue weighted by atomic mass is 32.2. The Balaban J connectivity index is 1.26. The van der Waals surface area contributed by atoms with Crippen LogP contribution in [-0.2, 0) is 10.5 Å². The smallest absolute Gasteiger partial charge is 0.237 e. The Morgan fingerprint density at radius 2 is 2.06 bits per heavy atom. The average molecular weight is 448 g/mol. The molecule has 1 unspecified atom stereocenters. The van der Waals surface area contributed by atoms with Crippen LogP contribution in [-0.4, -0.2) is 68.2 Å². The van der Waals surface area contributed by atoms with E-state index >= 15 is 0 Å². The van der Waals surface area contributed by atoms with Gasteiger partial charge in [-0.15, -0.1) is 11.8 Å². The number of aliphatic hydroxyl groups excluding tert-OH is 2. The molecule has 0 amide bonds. The molecule has 3 aliphatic heterocycles. The van der Waals surface area contributed by atoms with Gasteiger partial charge in [0.15, 0.2) is 6.23 Å². The molecule has 5 atom stereocenters. The van der Waals surface area contributed by atoms with E-state index < -0.39 is 24.5 Å². The van der Waals surface area contributed by atoms with E-state index in [-0.39, 0.29) is 11.2 Å². The van der Waals surface area contributed by atoms with Crippen molar-refractivity contribution in [2.75, 3.05) is 6.67 Å². The number of aliphatic imine (C=N–C) groups is 1. The molecule has 0 bridgehead atoms. The van der Waals surface area contributed by atoms with Gasteiger partial charge in [0.25, 0.3) is 0 Å². The van der Waals surface area contributed by atoms with E-state index in [2.05, 4.69) is 25.8 Å². The zero-order chi connectivity index (χ0) is 21.5. The first kappa shape index (κ1) is 20.2. The Hall–Kier alpha value is -2.67. The first-order valence-corrected chi connectivity index (χ1v) is 10.8. The Labute approximate surface area is 181 Å². The zero-order valence-corrected chi connectivity index (χ0v) is 17.3. The van der Waals surface area contributed by atoms with Gasteiger partial charge < -0.3 is 35.0 Å². The maximum Gasteiger partial charge on any atom is 0.237 e. The maximum absolute atomic E-state index is 13.1. The number of hydrogen-bond acceptors (Lipinski definition) is 11. The molecule has 1 fully saturated rings. The third-order valence-electron chi connectivity index (χ3n) is 5.36. The van der Waals surface area contributed by atoms with Gasteiger partial charge in [-0.1, -0.05) is 5.16 Å². The molecule has 0 saturated carbocycles. The number of nitrogens with zero attached hydrogens (tertiary/aromatic N) is 4. The second-order valence-electron chi connectivity index (χ2n) is 7.38. The lowest BCUT2D eigenvalue weighted by molar-refractivity contribution is -0.0702. The van der Waals surface area contributed by atoms with E-state index in [1.807, 2.05) is 4.90 Å². The molecule has 1 saturated heterocycles. The summed E-state index contributed by atoms with van der Waals surface area (Å²) in [7, 11) is 0. The summed E-state index contributed by atoms with van der Waals surface area (Å²) in [4.78, 5) is 10.7. The standard InChI is InChI=1S/C19H21FN6O4S/c1-9-14(27)15(28)19(29-9)26-8-23-13-17(26)21-7-22-18(13)31-6-12-24-16(25-30-12)10-2-4-11(20)5-3-10/h2-5,7,9,14-15,18-19,23,27-28H,6,8H2,1H3,(H,21,22)/t9-,14-,15-,18?,19-/m1/s1.